The molecule has 2 aromatic carbocycles. The van der Waals surface area contributed by atoms with Crippen molar-refractivity contribution in [1.29, 1.82) is 0 Å². The molecule has 1 aliphatic rings. The topological polar surface area (TPSA) is 105 Å². The van der Waals surface area contributed by atoms with Crippen molar-refractivity contribution in [3.8, 4) is 0 Å². The minimum atomic E-state index is -1.14. The highest BCUT2D eigenvalue weighted by Gasteiger charge is 2.37. The van der Waals surface area contributed by atoms with E-state index in [1.807, 2.05) is 66.1 Å². The van der Waals surface area contributed by atoms with Crippen LogP contribution in [0.4, 0.5) is 0 Å². The van der Waals surface area contributed by atoms with Gasteiger partial charge in [-0.15, -0.1) is 0 Å². The zero-order valence-electron chi connectivity index (χ0n) is 19.1. The van der Waals surface area contributed by atoms with E-state index in [1.165, 1.54) is 4.90 Å². The van der Waals surface area contributed by atoms with Crippen LogP contribution in [0.3, 0.4) is 0 Å². The van der Waals surface area contributed by atoms with Crippen LogP contribution in [0.5, 0.6) is 0 Å². The van der Waals surface area contributed by atoms with Crippen LogP contribution in [0.15, 0.2) is 67.1 Å². The third-order valence-electron chi connectivity index (χ3n) is 6.03. The van der Waals surface area contributed by atoms with Gasteiger partial charge >= 0.3 is 5.97 Å². The number of hydrogen-bond acceptors (Lipinski definition) is 4. The summed E-state index contributed by atoms with van der Waals surface area (Å²) in [6.07, 6.45) is 4.14. The summed E-state index contributed by atoms with van der Waals surface area (Å²) < 4.78 is 1.88. The van der Waals surface area contributed by atoms with Gasteiger partial charge in [-0.3, -0.25) is 9.59 Å². The van der Waals surface area contributed by atoms with Crippen molar-refractivity contribution in [3.05, 3.63) is 89.5 Å². The van der Waals surface area contributed by atoms with E-state index in [0.29, 0.717) is 25.2 Å². The molecule has 176 valence electrons. The summed E-state index contributed by atoms with van der Waals surface area (Å²) in [6, 6.07) is 15.8. The summed E-state index contributed by atoms with van der Waals surface area (Å²) in [6.45, 7) is 2.92. The maximum Gasteiger partial charge on any atom is 0.326 e. The van der Waals surface area contributed by atoms with Gasteiger partial charge in [0.25, 0.3) is 0 Å². The molecule has 8 nitrogen and oxygen atoms in total. The standard InChI is InChI=1S/C26H28N4O4/c1-18-7-9-20(10-8-18)15-30-23(11-12-24(30)31)25(32)28-22(26(33)34)13-21-16-29(17-27-21)14-19-5-3-2-4-6-19/h2-10,16-17,22-23H,11-15H2,1H3,(H,28,32)(H,33,34)/t22-,23-/m0/s1. The Kier molecular flexibility index (Phi) is 7.06. The first-order valence-corrected chi connectivity index (χ1v) is 11.3. The zero-order valence-corrected chi connectivity index (χ0v) is 19.1. The molecule has 0 radical (unpaired) electrons. The highest BCUT2D eigenvalue weighted by atomic mass is 16.4. The van der Waals surface area contributed by atoms with Crippen LogP contribution in [0.1, 0.15) is 35.2 Å². The summed E-state index contributed by atoms with van der Waals surface area (Å²) >= 11 is 0. The Morgan fingerprint density at radius 3 is 2.50 bits per heavy atom. The molecular formula is C26H28N4O4. The first-order valence-electron chi connectivity index (χ1n) is 11.3. The second-order valence-electron chi connectivity index (χ2n) is 8.69. The van der Waals surface area contributed by atoms with Gasteiger partial charge < -0.3 is 19.9 Å². The van der Waals surface area contributed by atoms with Gasteiger partial charge in [-0.1, -0.05) is 60.2 Å². The number of imidazole rings is 1. The molecule has 0 unspecified atom stereocenters. The number of nitrogens with one attached hydrogen (secondary N) is 1. The Balaban J connectivity index is 1.40. The minimum absolute atomic E-state index is 0.0570. The van der Waals surface area contributed by atoms with Gasteiger partial charge in [0.15, 0.2) is 0 Å². The number of carboxylic acid groups (broad SMARTS) is 1. The predicted octanol–water partition coefficient (Wildman–Crippen LogP) is 2.54. The molecule has 2 amide bonds. The average Bonchev–Trinajstić information content (AvgIpc) is 3.41. The van der Waals surface area contributed by atoms with E-state index in [1.54, 1.807) is 12.5 Å². The second-order valence-corrected chi connectivity index (χ2v) is 8.69. The molecule has 3 aromatic rings. The molecule has 0 aliphatic carbocycles. The number of carbonyl (C=O) groups excluding carboxylic acids is 2. The second kappa shape index (κ2) is 10.3. The first kappa shape index (κ1) is 23.2. The SMILES string of the molecule is Cc1ccc(CN2C(=O)CC[C@H]2C(=O)N[C@@H](Cc2cn(Cc3ccccc3)cn2)C(=O)O)cc1. The van der Waals surface area contributed by atoms with Gasteiger partial charge in [0.1, 0.15) is 12.1 Å². The Bertz CT molecular complexity index is 1160. The van der Waals surface area contributed by atoms with Crippen LogP contribution in [-0.2, 0) is 33.9 Å². The maximum atomic E-state index is 13.0. The lowest BCUT2D eigenvalue weighted by Gasteiger charge is -2.25. The Morgan fingerprint density at radius 1 is 1.09 bits per heavy atom. The molecule has 1 saturated heterocycles. The van der Waals surface area contributed by atoms with Gasteiger partial charge in [-0.05, 0) is 24.5 Å². The van der Waals surface area contributed by atoms with Gasteiger partial charge in [-0.2, -0.15) is 0 Å². The smallest absolute Gasteiger partial charge is 0.326 e. The van der Waals surface area contributed by atoms with Crippen molar-refractivity contribution in [2.45, 2.75) is 51.4 Å². The molecule has 34 heavy (non-hydrogen) atoms. The lowest BCUT2D eigenvalue weighted by Crippen LogP contribution is -2.50. The molecule has 8 heteroatoms. The van der Waals surface area contributed by atoms with Crippen molar-refractivity contribution in [3.63, 3.8) is 0 Å². The molecule has 0 saturated carbocycles. The van der Waals surface area contributed by atoms with Gasteiger partial charge in [0.2, 0.25) is 11.8 Å². The normalized spacial score (nSPS) is 16.4. The Hall–Kier alpha value is -3.94. The van der Waals surface area contributed by atoms with Crippen LogP contribution in [0.2, 0.25) is 0 Å². The predicted molar refractivity (Wildman–Crippen MR) is 126 cm³/mol. The third-order valence-corrected chi connectivity index (χ3v) is 6.03. The number of carbonyl (C=O) groups is 3. The number of aromatic nitrogens is 2. The van der Waals surface area contributed by atoms with Crippen molar-refractivity contribution < 1.29 is 19.5 Å². The number of benzene rings is 2. The van der Waals surface area contributed by atoms with Gasteiger partial charge in [-0.25, -0.2) is 9.78 Å². The zero-order chi connectivity index (χ0) is 24.1. The van der Waals surface area contributed by atoms with Crippen molar-refractivity contribution in [1.82, 2.24) is 19.8 Å². The fourth-order valence-electron chi connectivity index (χ4n) is 4.16. The first-order chi connectivity index (χ1) is 16.4. The van der Waals surface area contributed by atoms with E-state index < -0.39 is 24.0 Å². The fourth-order valence-corrected chi connectivity index (χ4v) is 4.16. The van der Waals surface area contributed by atoms with Crippen molar-refractivity contribution in [2.75, 3.05) is 0 Å². The third kappa shape index (κ3) is 5.70. The van der Waals surface area contributed by atoms with Crippen LogP contribution in [0, 0.1) is 6.92 Å². The summed E-state index contributed by atoms with van der Waals surface area (Å²) in [4.78, 5) is 43.2. The lowest BCUT2D eigenvalue weighted by molar-refractivity contribution is -0.143. The lowest BCUT2D eigenvalue weighted by atomic mass is 10.1. The van der Waals surface area contributed by atoms with Crippen LogP contribution < -0.4 is 5.32 Å². The van der Waals surface area contributed by atoms with Gasteiger partial charge in [0, 0.05) is 32.1 Å². The molecular weight excluding hydrogens is 432 g/mol. The van der Waals surface area contributed by atoms with E-state index in [4.69, 9.17) is 0 Å². The number of carboxylic acids is 1. The number of aliphatic carboxylic acids is 1. The number of hydrogen-bond donors (Lipinski definition) is 2. The van der Waals surface area contributed by atoms with E-state index in [-0.39, 0.29) is 18.7 Å². The molecule has 2 heterocycles. The van der Waals surface area contributed by atoms with E-state index in [2.05, 4.69) is 10.3 Å². The molecule has 4 rings (SSSR count). The van der Waals surface area contributed by atoms with Crippen LogP contribution >= 0.6 is 0 Å². The molecule has 1 aromatic heterocycles. The number of amides is 2. The van der Waals surface area contributed by atoms with Crippen molar-refractivity contribution in [2.24, 2.45) is 0 Å². The largest absolute Gasteiger partial charge is 0.480 e. The molecule has 0 spiro atoms. The number of rotatable bonds is 9. The number of aryl methyl sites for hydroxylation is 1. The molecule has 2 atom stereocenters. The summed E-state index contributed by atoms with van der Waals surface area (Å²) in [7, 11) is 0. The monoisotopic (exact) mass is 460 g/mol. The van der Waals surface area contributed by atoms with Crippen LogP contribution in [-0.4, -0.2) is 49.4 Å². The average molecular weight is 461 g/mol. The summed E-state index contributed by atoms with van der Waals surface area (Å²) in [5, 5.41) is 12.3. The van der Waals surface area contributed by atoms with Crippen molar-refractivity contribution >= 4 is 17.8 Å². The Morgan fingerprint density at radius 2 is 1.79 bits per heavy atom. The fraction of sp³-hybridized carbons (Fsp3) is 0.308. The highest BCUT2D eigenvalue weighted by Crippen LogP contribution is 2.22. The summed E-state index contributed by atoms with van der Waals surface area (Å²) in [5.74, 6) is -1.69. The van der Waals surface area contributed by atoms with Crippen LogP contribution in [0.25, 0.3) is 0 Å². The van der Waals surface area contributed by atoms with E-state index in [9.17, 15) is 19.5 Å². The quantitative estimate of drug-likeness (QED) is 0.511. The maximum absolute atomic E-state index is 13.0. The number of nitrogens with zero attached hydrogens (tertiary/aromatic N) is 3. The highest BCUT2D eigenvalue weighted by molar-refractivity contribution is 5.93. The Labute approximate surface area is 198 Å². The number of likely N-dealkylation sites (tertiary alicyclic amines) is 1. The van der Waals surface area contributed by atoms with Gasteiger partial charge in [0.05, 0.1) is 12.0 Å². The minimum Gasteiger partial charge on any atom is -0.480 e. The summed E-state index contributed by atoms with van der Waals surface area (Å²) in [5.41, 5.74) is 3.72. The van der Waals surface area contributed by atoms with E-state index in [0.717, 1.165) is 16.7 Å². The molecule has 0 bridgehead atoms. The molecule has 2 N–H and O–H groups in total. The van der Waals surface area contributed by atoms with E-state index >= 15 is 0 Å². The molecule has 1 fully saturated rings. The molecule has 1 aliphatic heterocycles.